The van der Waals surface area contributed by atoms with E-state index in [2.05, 4.69) is 12.2 Å². The van der Waals surface area contributed by atoms with Crippen LogP contribution in [0.5, 0.6) is 5.75 Å². The average molecular weight is 375 g/mol. The van der Waals surface area contributed by atoms with Gasteiger partial charge in [-0.25, -0.2) is 8.42 Å². The summed E-state index contributed by atoms with van der Waals surface area (Å²) in [6.45, 7) is 2.15. The minimum Gasteiger partial charge on any atom is -0.495 e. The summed E-state index contributed by atoms with van der Waals surface area (Å²) in [6, 6.07) is 12.6. The van der Waals surface area contributed by atoms with E-state index in [1.807, 2.05) is 24.3 Å². The molecule has 0 fully saturated rings. The van der Waals surface area contributed by atoms with E-state index in [1.165, 1.54) is 18.7 Å². The molecule has 2 rings (SSSR count). The lowest BCUT2D eigenvalue weighted by atomic mass is 10.0. The SMILES string of the molecule is CCCCc1ccc(CC(=O)Nc2c(OC)cccc2S(C)(=O)=O)cc1. The molecular weight excluding hydrogens is 350 g/mol. The van der Waals surface area contributed by atoms with E-state index in [9.17, 15) is 13.2 Å². The lowest BCUT2D eigenvalue weighted by molar-refractivity contribution is -0.115. The van der Waals surface area contributed by atoms with E-state index in [0.29, 0.717) is 5.75 Å². The number of unbranched alkanes of at least 4 members (excludes halogenated alkanes) is 1. The van der Waals surface area contributed by atoms with Gasteiger partial charge in [0.25, 0.3) is 0 Å². The molecule has 2 aromatic carbocycles. The molecular formula is C20H25NO4S. The van der Waals surface area contributed by atoms with Crippen LogP contribution in [0.4, 0.5) is 5.69 Å². The van der Waals surface area contributed by atoms with E-state index in [-0.39, 0.29) is 22.9 Å². The largest absolute Gasteiger partial charge is 0.495 e. The van der Waals surface area contributed by atoms with Gasteiger partial charge in [-0.1, -0.05) is 43.7 Å². The zero-order chi connectivity index (χ0) is 19.2. The van der Waals surface area contributed by atoms with Crippen molar-refractivity contribution in [1.29, 1.82) is 0 Å². The molecule has 0 aliphatic rings. The van der Waals surface area contributed by atoms with Crippen molar-refractivity contribution >= 4 is 21.4 Å². The number of methoxy groups -OCH3 is 1. The molecule has 5 nitrogen and oxygen atoms in total. The summed E-state index contributed by atoms with van der Waals surface area (Å²) in [5.41, 5.74) is 2.31. The maximum atomic E-state index is 12.4. The third-order valence-corrected chi connectivity index (χ3v) is 5.22. The summed E-state index contributed by atoms with van der Waals surface area (Å²) in [5, 5.41) is 2.69. The molecule has 1 amide bonds. The quantitative estimate of drug-likeness (QED) is 0.765. The molecule has 0 aromatic heterocycles. The maximum Gasteiger partial charge on any atom is 0.228 e. The molecule has 26 heavy (non-hydrogen) atoms. The number of sulfone groups is 1. The van der Waals surface area contributed by atoms with Gasteiger partial charge in [0.15, 0.2) is 9.84 Å². The van der Waals surface area contributed by atoms with Crippen molar-refractivity contribution in [3.8, 4) is 5.75 Å². The number of amides is 1. The second-order valence-electron chi connectivity index (χ2n) is 6.25. The number of ether oxygens (including phenoxy) is 1. The summed E-state index contributed by atoms with van der Waals surface area (Å²) in [7, 11) is -2.06. The third kappa shape index (κ3) is 5.33. The van der Waals surface area contributed by atoms with Crippen LogP contribution < -0.4 is 10.1 Å². The Kier molecular flexibility index (Phi) is 6.80. The van der Waals surface area contributed by atoms with E-state index in [1.54, 1.807) is 12.1 Å². The predicted octanol–water partition coefficient (Wildman–Crippen LogP) is 3.62. The molecule has 0 aliphatic heterocycles. The first-order valence-corrected chi connectivity index (χ1v) is 10.5. The summed E-state index contributed by atoms with van der Waals surface area (Å²) >= 11 is 0. The van der Waals surface area contributed by atoms with Crippen molar-refractivity contribution in [2.75, 3.05) is 18.7 Å². The Morgan fingerprint density at radius 2 is 1.73 bits per heavy atom. The predicted molar refractivity (Wildman–Crippen MR) is 103 cm³/mol. The van der Waals surface area contributed by atoms with Gasteiger partial charge in [0, 0.05) is 6.26 Å². The van der Waals surface area contributed by atoms with Gasteiger partial charge in [0.2, 0.25) is 5.91 Å². The van der Waals surface area contributed by atoms with Crippen LogP contribution in [0.15, 0.2) is 47.4 Å². The minimum atomic E-state index is -3.49. The highest BCUT2D eigenvalue weighted by molar-refractivity contribution is 7.90. The summed E-state index contributed by atoms with van der Waals surface area (Å²) in [5.74, 6) is 0.0249. The van der Waals surface area contributed by atoms with E-state index < -0.39 is 9.84 Å². The molecule has 2 aromatic rings. The van der Waals surface area contributed by atoms with E-state index in [0.717, 1.165) is 31.1 Å². The third-order valence-electron chi connectivity index (χ3n) is 4.08. The number of hydrogen-bond donors (Lipinski definition) is 1. The number of carbonyl (C=O) groups excluding carboxylic acids is 1. The molecule has 0 saturated heterocycles. The normalized spacial score (nSPS) is 11.2. The highest BCUT2D eigenvalue weighted by Crippen LogP contribution is 2.31. The van der Waals surface area contributed by atoms with Gasteiger partial charge in [0.1, 0.15) is 11.4 Å². The molecule has 0 bridgehead atoms. The molecule has 1 N–H and O–H groups in total. The van der Waals surface area contributed by atoms with Gasteiger partial charge >= 0.3 is 0 Å². The molecule has 0 radical (unpaired) electrons. The van der Waals surface area contributed by atoms with Crippen LogP contribution in [-0.2, 0) is 27.5 Å². The molecule has 0 heterocycles. The fraction of sp³-hybridized carbons (Fsp3) is 0.350. The Hall–Kier alpha value is -2.34. The average Bonchev–Trinajstić information content (AvgIpc) is 2.60. The van der Waals surface area contributed by atoms with Crippen molar-refractivity contribution in [3.05, 3.63) is 53.6 Å². The van der Waals surface area contributed by atoms with Gasteiger partial charge in [-0.05, 0) is 36.1 Å². The van der Waals surface area contributed by atoms with Crippen molar-refractivity contribution in [2.24, 2.45) is 0 Å². The lowest BCUT2D eigenvalue weighted by Crippen LogP contribution is -2.17. The van der Waals surface area contributed by atoms with Crippen LogP contribution in [0.2, 0.25) is 0 Å². The maximum absolute atomic E-state index is 12.4. The summed E-state index contributed by atoms with van der Waals surface area (Å²) in [4.78, 5) is 12.5. The molecule has 6 heteroatoms. The molecule has 0 unspecified atom stereocenters. The Balaban J connectivity index is 2.15. The van der Waals surface area contributed by atoms with Gasteiger partial charge in [0.05, 0.1) is 18.4 Å². The number of carbonyl (C=O) groups is 1. The Morgan fingerprint density at radius 3 is 2.31 bits per heavy atom. The van der Waals surface area contributed by atoms with Crippen LogP contribution in [0.1, 0.15) is 30.9 Å². The highest BCUT2D eigenvalue weighted by atomic mass is 32.2. The first kappa shape index (κ1) is 20.0. The van der Waals surface area contributed by atoms with Crippen LogP contribution in [-0.4, -0.2) is 27.7 Å². The zero-order valence-corrected chi connectivity index (χ0v) is 16.2. The number of hydrogen-bond acceptors (Lipinski definition) is 4. The van der Waals surface area contributed by atoms with Crippen LogP contribution >= 0.6 is 0 Å². The highest BCUT2D eigenvalue weighted by Gasteiger charge is 2.19. The van der Waals surface area contributed by atoms with Crippen LogP contribution in [0.3, 0.4) is 0 Å². The molecule has 140 valence electrons. The fourth-order valence-corrected chi connectivity index (χ4v) is 3.54. The van der Waals surface area contributed by atoms with Gasteiger partial charge in [-0.15, -0.1) is 0 Å². The van der Waals surface area contributed by atoms with Crippen molar-refractivity contribution in [3.63, 3.8) is 0 Å². The first-order chi connectivity index (χ1) is 12.3. The Morgan fingerprint density at radius 1 is 1.08 bits per heavy atom. The number of rotatable bonds is 8. The number of benzene rings is 2. The second kappa shape index (κ2) is 8.85. The number of para-hydroxylation sites is 1. The van der Waals surface area contributed by atoms with Crippen molar-refractivity contribution < 1.29 is 17.9 Å². The van der Waals surface area contributed by atoms with E-state index in [4.69, 9.17) is 4.74 Å². The van der Waals surface area contributed by atoms with Crippen LogP contribution in [0, 0.1) is 0 Å². The number of nitrogens with one attached hydrogen (secondary N) is 1. The molecule has 0 aliphatic carbocycles. The molecule has 0 saturated carbocycles. The van der Waals surface area contributed by atoms with Gasteiger partial charge in [-0.3, -0.25) is 4.79 Å². The van der Waals surface area contributed by atoms with Gasteiger partial charge in [-0.2, -0.15) is 0 Å². The number of anilines is 1. The fourth-order valence-electron chi connectivity index (χ4n) is 2.69. The smallest absolute Gasteiger partial charge is 0.228 e. The Labute approximate surface area is 155 Å². The monoisotopic (exact) mass is 375 g/mol. The summed E-state index contributed by atoms with van der Waals surface area (Å²) in [6.07, 6.45) is 4.58. The Bertz CT molecular complexity index is 858. The number of aryl methyl sites for hydroxylation is 1. The topological polar surface area (TPSA) is 72.5 Å². The molecule has 0 spiro atoms. The minimum absolute atomic E-state index is 0.0418. The first-order valence-electron chi connectivity index (χ1n) is 8.60. The summed E-state index contributed by atoms with van der Waals surface area (Å²) < 4.78 is 29.2. The molecule has 0 atom stereocenters. The lowest BCUT2D eigenvalue weighted by Gasteiger charge is -2.14. The van der Waals surface area contributed by atoms with E-state index >= 15 is 0 Å². The van der Waals surface area contributed by atoms with Gasteiger partial charge < -0.3 is 10.1 Å². The van der Waals surface area contributed by atoms with Crippen LogP contribution in [0.25, 0.3) is 0 Å². The zero-order valence-electron chi connectivity index (χ0n) is 15.4. The van der Waals surface area contributed by atoms with Crippen molar-refractivity contribution in [2.45, 2.75) is 37.5 Å². The second-order valence-corrected chi connectivity index (χ2v) is 8.23. The standard InChI is InChI=1S/C20H25NO4S/c1-4-5-7-15-10-12-16(13-11-15)14-19(22)21-20-17(25-2)8-6-9-18(20)26(3,23)24/h6,8-13H,4-5,7,14H2,1-3H3,(H,21,22). The van der Waals surface area contributed by atoms with Crippen molar-refractivity contribution in [1.82, 2.24) is 0 Å².